The molecule has 1 aromatic heterocycles. The highest BCUT2D eigenvalue weighted by Gasteiger charge is 2.24. The van der Waals surface area contributed by atoms with E-state index in [0.717, 1.165) is 5.69 Å². The summed E-state index contributed by atoms with van der Waals surface area (Å²) in [6, 6.07) is 11.2. The van der Waals surface area contributed by atoms with Crippen LogP contribution in [0.25, 0.3) is 0 Å². The van der Waals surface area contributed by atoms with Crippen LogP contribution < -0.4 is 15.2 Å². The van der Waals surface area contributed by atoms with E-state index in [1.165, 1.54) is 0 Å². The van der Waals surface area contributed by atoms with Crippen molar-refractivity contribution in [3.05, 3.63) is 48.3 Å². The molecule has 4 nitrogen and oxygen atoms in total. The molecule has 4 heteroatoms. The summed E-state index contributed by atoms with van der Waals surface area (Å²) in [7, 11) is 0. The highest BCUT2D eigenvalue weighted by atomic mass is 16.5. The number of pyridine rings is 1. The molecule has 0 amide bonds. The first-order valence-corrected chi connectivity index (χ1v) is 5.47. The molecule has 3 rings (SSSR count). The lowest BCUT2D eigenvalue weighted by atomic mass is 10.2. The van der Waals surface area contributed by atoms with Gasteiger partial charge in [0, 0.05) is 12.7 Å². The van der Waals surface area contributed by atoms with Gasteiger partial charge in [-0.15, -0.1) is 0 Å². The number of hydrogen-bond acceptors (Lipinski definition) is 4. The van der Waals surface area contributed by atoms with Crippen molar-refractivity contribution < 1.29 is 9.47 Å². The molecule has 2 aromatic rings. The summed E-state index contributed by atoms with van der Waals surface area (Å²) in [6.45, 7) is 0.363. The molecule has 0 saturated heterocycles. The van der Waals surface area contributed by atoms with Crippen molar-refractivity contribution in [2.75, 3.05) is 6.54 Å². The Balaban J connectivity index is 2.13. The molecule has 17 heavy (non-hydrogen) atoms. The standard InChI is InChI=1S/C13H12N2O2/c14-8-12-13-11(6-3-7-15-13)16-9-4-1-2-5-10(9)17-12/h1-7,12H,8,14H2/t12-/m1/s1. The third-order valence-electron chi connectivity index (χ3n) is 2.66. The number of benzene rings is 1. The van der Waals surface area contributed by atoms with E-state index in [-0.39, 0.29) is 6.10 Å². The molecule has 1 atom stereocenters. The highest BCUT2D eigenvalue weighted by molar-refractivity contribution is 5.46. The molecule has 0 spiro atoms. The summed E-state index contributed by atoms with van der Waals surface area (Å²) in [6.07, 6.45) is 1.44. The van der Waals surface area contributed by atoms with E-state index in [1.54, 1.807) is 6.20 Å². The van der Waals surface area contributed by atoms with Gasteiger partial charge in [0.2, 0.25) is 0 Å². The van der Waals surface area contributed by atoms with Crippen LogP contribution in [-0.4, -0.2) is 11.5 Å². The fourth-order valence-corrected chi connectivity index (χ4v) is 1.85. The summed E-state index contributed by atoms with van der Waals surface area (Å²) >= 11 is 0. The molecule has 1 aromatic carbocycles. The molecule has 0 radical (unpaired) electrons. The van der Waals surface area contributed by atoms with Crippen molar-refractivity contribution in [2.45, 2.75) is 6.10 Å². The number of nitrogens with zero attached hydrogens (tertiary/aromatic N) is 1. The van der Waals surface area contributed by atoms with Gasteiger partial charge in [0.25, 0.3) is 0 Å². The zero-order chi connectivity index (χ0) is 11.7. The Hall–Kier alpha value is -2.07. The number of nitrogens with two attached hydrogens (primary N) is 1. The first kappa shape index (κ1) is 10.1. The smallest absolute Gasteiger partial charge is 0.169 e. The van der Waals surface area contributed by atoms with Gasteiger partial charge in [0.15, 0.2) is 23.4 Å². The second kappa shape index (κ2) is 4.07. The molecule has 2 heterocycles. The molecule has 1 aliphatic heterocycles. The second-order valence-electron chi connectivity index (χ2n) is 3.78. The maximum Gasteiger partial charge on any atom is 0.169 e. The third-order valence-corrected chi connectivity index (χ3v) is 2.66. The van der Waals surface area contributed by atoms with Crippen molar-refractivity contribution in [3.63, 3.8) is 0 Å². The molecule has 0 unspecified atom stereocenters. The predicted octanol–water partition coefficient (Wildman–Crippen LogP) is 2.27. The summed E-state index contributed by atoms with van der Waals surface area (Å²) < 4.78 is 11.6. The van der Waals surface area contributed by atoms with Crippen molar-refractivity contribution >= 4 is 0 Å². The maximum absolute atomic E-state index is 5.82. The Morgan fingerprint density at radius 2 is 1.82 bits per heavy atom. The van der Waals surface area contributed by atoms with Gasteiger partial charge in [0.1, 0.15) is 5.69 Å². The van der Waals surface area contributed by atoms with Crippen LogP contribution >= 0.6 is 0 Å². The largest absolute Gasteiger partial charge is 0.479 e. The Morgan fingerprint density at radius 1 is 1.06 bits per heavy atom. The molecular weight excluding hydrogens is 216 g/mol. The minimum atomic E-state index is -0.269. The second-order valence-corrected chi connectivity index (χ2v) is 3.78. The zero-order valence-corrected chi connectivity index (χ0v) is 9.17. The van der Waals surface area contributed by atoms with Crippen molar-refractivity contribution in [1.29, 1.82) is 0 Å². The molecule has 86 valence electrons. The van der Waals surface area contributed by atoms with Crippen molar-refractivity contribution in [3.8, 4) is 17.2 Å². The first-order valence-electron chi connectivity index (χ1n) is 5.47. The summed E-state index contributed by atoms with van der Waals surface area (Å²) in [5.74, 6) is 2.09. The topological polar surface area (TPSA) is 57.4 Å². The number of rotatable bonds is 1. The van der Waals surface area contributed by atoms with Gasteiger partial charge >= 0.3 is 0 Å². The summed E-state index contributed by atoms with van der Waals surface area (Å²) in [5.41, 5.74) is 6.47. The monoisotopic (exact) mass is 228 g/mol. The Bertz CT molecular complexity index is 542. The minimum absolute atomic E-state index is 0.269. The Kier molecular flexibility index (Phi) is 2.42. The van der Waals surface area contributed by atoms with Gasteiger partial charge in [-0.1, -0.05) is 12.1 Å². The quantitative estimate of drug-likeness (QED) is 0.813. The molecule has 1 aliphatic rings. The van der Waals surface area contributed by atoms with Crippen LogP contribution in [0.3, 0.4) is 0 Å². The highest BCUT2D eigenvalue weighted by Crippen LogP contribution is 2.40. The lowest BCUT2D eigenvalue weighted by Gasteiger charge is -2.14. The van der Waals surface area contributed by atoms with E-state index in [1.807, 2.05) is 36.4 Å². The number of aromatic nitrogens is 1. The van der Waals surface area contributed by atoms with Crippen molar-refractivity contribution in [2.24, 2.45) is 5.73 Å². The van der Waals surface area contributed by atoms with Crippen LogP contribution in [0.5, 0.6) is 17.2 Å². The van der Waals surface area contributed by atoms with Crippen LogP contribution in [0.2, 0.25) is 0 Å². The van der Waals surface area contributed by atoms with E-state index in [0.29, 0.717) is 23.8 Å². The summed E-state index contributed by atoms with van der Waals surface area (Å²) in [5, 5.41) is 0. The molecular formula is C13H12N2O2. The van der Waals surface area contributed by atoms with Crippen LogP contribution in [0, 0.1) is 0 Å². The van der Waals surface area contributed by atoms with Gasteiger partial charge in [-0.25, -0.2) is 0 Å². The van der Waals surface area contributed by atoms with Gasteiger partial charge in [-0.3, -0.25) is 4.98 Å². The number of ether oxygens (including phenoxy) is 2. The maximum atomic E-state index is 5.82. The molecule has 0 saturated carbocycles. The zero-order valence-electron chi connectivity index (χ0n) is 9.17. The van der Waals surface area contributed by atoms with Crippen LogP contribution in [0.4, 0.5) is 0 Å². The van der Waals surface area contributed by atoms with E-state index >= 15 is 0 Å². The Labute approximate surface area is 99.0 Å². The molecule has 0 fully saturated rings. The first-order chi connectivity index (χ1) is 8.38. The van der Waals surface area contributed by atoms with Gasteiger partial charge in [0.05, 0.1) is 0 Å². The SMILES string of the molecule is NC[C@H]1Oc2ccccc2Oc2cccnc21. The minimum Gasteiger partial charge on any atom is -0.479 e. The van der Waals surface area contributed by atoms with E-state index in [4.69, 9.17) is 15.2 Å². The van der Waals surface area contributed by atoms with Gasteiger partial charge in [-0.2, -0.15) is 0 Å². The fraction of sp³-hybridized carbons (Fsp3) is 0.154. The van der Waals surface area contributed by atoms with Crippen LogP contribution in [0.15, 0.2) is 42.6 Å². The Morgan fingerprint density at radius 3 is 2.65 bits per heavy atom. The average molecular weight is 228 g/mol. The predicted molar refractivity (Wildman–Crippen MR) is 63.2 cm³/mol. The van der Waals surface area contributed by atoms with E-state index in [2.05, 4.69) is 4.98 Å². The van der Waals surface area contributed by atoms with E-state index < -0.39 is 0 Å². The number of para-hydroxylation sites is 2. The van der Waals surface area contributed by atoms with Crippen LogP contribution in [0.1, 0.15) is 11.8 Å². The van der Waals surface area contributed by atoms with Crippen molar-refractivity contribution in [1.82, 2.24) is 4.98 Å². The normalized spacial score (nSPS) is 17.1. The van der Waals surface area contributed by atoms with E-state index in [9.17, 15) is 0 Å². The number of fused-ring (bicyclic) bond motifs is 2. The van der Waals surface area contributed by atoms with Gasteiger partial charge < -0.3 is 15.2 Å². The lowest BCUT2D eigenvalue weighted by Crippen LogP contribution is -2.18. The number of hydrogen-bond donors (Lipinski definition) is 1. The third kappa shape index (κ3) is 1.72. The van der Waals surface area contributed by atoms with Gasteiger partial charge in [-0.05, 0) is 24.3 Å². The summed E-state index contributed by atoms with van der Waals surface area (Å²) in [4.78, 5) is 4.28. The van der Waals surface area contributed by atoms with Crippen LogP contribution in [-0.2, 0) is 0 Å². The fourth-order valence-electron chi connectivity index (χ4n) is 1.85. The lowest BCUT2D eigenvalue weighted by molar-refractivity contribution is 0.212. The molecule has 2 N–H and O–H groups in total. The molecule has 0 aliphatic carbocycles. The average Bonchev–Trinajstić information content (AvgIpc) is 2.54. The molecule has 0 bridgehead atoms.